The van der Waals surface area contributed by atoms with E-state index in [1.54, 1.807) is 12.1 Å². The molecule has 3 heterocycles. The third kappa shape index (κ3) is 3.83. The quantitative estimate of drug-likeness (QED) is 0.196. The lowest BCUT2D eigenvalue weighted by Gasteiger charge is -2.28. The Hall–Kier alpha value is -2.58. The fourth-order valence-electron chi connectivity index (χ4n) is 3.42. The van der Waals surface area contributed by atoms with Crippen molar-refractivity contribution in [2.45, 2.75) is 19.3 Å². The number of hydrogen-bond acceptors (Lipinski definition) is 6. The maximum atomic E-state index is 11.8. The third-order valence-electron chi connectivity index (χ3n) is 4.78. The van der Waals surface area contributed by atoms with E-state index in [0.29, 0.717) is 26.4 Å². The Morgan fingerprint density at radius 3 is 2.71 bits per heavy atom. The monoisotopic (exact) mass is 414 g/mol. The number of piperidine rings is 1. The lowest BCUT2D eigenvalue weighted by atomic mass is 10.1. The number of thiocarbonyl (C=S) groups is 1. The van der Waals surface area contributed by atoms with Crippen molar-refractivity contribution in [2.24, 2.45) is 0 Å². The summed E-state index contributed by atoms with van der Waals surface area (Å²) in [5, 5.41) is 12.6. The highest BCUT2D eigenvalue weighted by molar-refractivity contribution is 8.26. The molecule has 2 aromatic rings. The smallest absolute Gasteiger partial charge is 0.280 e. The second-order valence-electron chi connectivity index (χ2n) is 6.70. The number of carbonyl (C=O) groups excluding carboxylic acids is 1. The van der Waals surface area contributed by atoms with Crippen LogP contribution in [-0.2, 0) is 4.79 Å². The normalized spacial score (nSPS) is 18.6. The first-order chi connectivity index (χ1) is 13.5. The van der Waals surface area contributed by atoms with Crippen molar-refractivity contribution in [1.29, 1.82) is 0 Å². The molecule has 0 radical (unpaired) electrons. The molecule has 0 saturated carbocycles. The van der Waals surface area contributed by atoms with Gasteiger partial charge < -0.3 is 14.6 Å². The van der Waals surface area contributed by atoms with Crippen molar-refractivity contribution < 1.29 is 19.2 Å². The number of anilines is 1. The highest BCUT2D eigenvalue weighted by Crippen LogP contribution is 2.35. The lowest BCUT2D eigenvalue weighted by molar-refractivity contribution is -0.705. The van der Waals surface area contributed by atoms with Gasteiger partial charge in [0.1, 0.15) is 21.5 Å². The number of furan rings is 1. The highest BCUT2D eigenvalue weighted by atomic mass is 32.2. The molecular weight excluding hydrogens is 394 g/mol. The summed E-state index contributed by atoms with van der Waals surface area (Å²) < 4.78 is 7.23. The van der Waals surface area contributed by atoms with Gasteiger partial charge in [-0.1, -0.05) is 24.0 Å². The van der Waals surface area contributed by atoms with E-state index in [0.717, 1.165) is 41.9 Å². The zero-order valence-corrected chi connectivity index (χ0v) is 16.8. The molecule has 1 aromatic heterocycles. The van der Waals surface area contributed by atoms with E-state index in [1.165, 1.54) is 18.2 Å². The molecule has 2 fully saturated rings. The van der Waals surface area contributed by atoms with Gasteiger partial charge in [-0.3, -0.25) is 10.0 Å². The maximum absolute atomic E-state index is 11.8. The molecule has 0 bridgehead atoms. The second-order valence-corrected chi connectivity index (χ2v) is 8.42. The first kappa shape index (κ1) is 18.8. The minimum absolute atomic E-state index is 0.214. The minimum atomic E-state index is -0.214. The topological polar surface area (TPSA) is 68.7 Å². The summed E-state index contributed by atoms with van der Waals surface area (Å²) in [6, 6.07) is 9.46. The molecule has 28 heavy (non-hydrogen) atoms. The molecule has 2 aliphatic rings. The van der Waals surface area contributed by atoms with E-state index >= 15 is 0 Å². The zero-order chi connectivity index (χ0) is 19.7. The third-order valence-corrected chi connectivity index (χ3v) is 5.94. The number of amides is 1. The summed E-state index contributed by atoms with van der Waals surface area (Å²) in [4.78, 5) is 14.6. The first-order valence-corrected chi connectivity index (χ1v) is 10.3. The fraction of sp³-hybridized carbons (Fsp3) is 0.250. The van der Waals surface area contributed by atoms with Gasteiger partial charge in [0.15, 0.2) is 6.72 Å². The number of rotatable bonds is 4. The number of thioether (sulfide) groups is 1. The fourth-order valence-corrected chi connectivity index (χ4v) is 4.45. The van der Waals surface area contributed by atoms with Crippen LogP contribution in [0.3, 0.4) is 0 Å². The summed E-state index contributed by atoms with van der Waals surface area (Å²) in [7, 11) is 0. The summed E-state index contributed by atoms with van der Waals surface area (Å²) in [6.45, 7) is 5.60. The van der Waals surface area contributed by atoms with Crippen LogP contribution >= 0.6 is 24.0 Å². The molecule has 2 aliphatic heterocycles. The second kappa shape index (κ2) is 7.81. The first-order valence-electron chi connectivity index (χ1n) is 9.05. The predicted octanol–water partition coefficient (Wildman–Crippen LogP) is 4.16. The van der Waals surface area contributed by atoms with Gasteiger partial charge in [0.2, 0.25) is 0 Å². The molecular formula is C20H20N3O3S2+. The van der Waals surface area contributed by atoms with Crippen LogP contribution in [0.4, 0.5) is 11.4 Å². The Bertz CT molecular complexity index is 990. The molecule has 0 unspecified atom stereocenters. The van der Waals surface area contributed by atoms with Gasteiger partial charge in [0.05, 0.1) is 4.91 Å². The largest absolute Gasteiger partial charge is 0.457 e. The van der Waals surface area contributed by atoms with Gasteiger partial charge in [-0.15, -0.1) is 0 Å². The molecule has 8 heteroatoms. The number of hydrogen-bond donors (Lipinski definition) is 2. The van der Waals surface area contributed by atoms with Crippen molar-refractivity contribution in [1.82, 2.24) is 5.32 Å². The molecule has 144 valence electrons. The maximum Gasteiger partial charge on any atom is 0.280 e. The van der Waals surface area contributed by atoms with Gasteiger partial charge in [-0.25, -0.2) is 0 Å². The molecule has 4 rings (SSSR count). The number of nitrogens with zero attached hydrogens (tertiary/aromatic N) is 2. The highest BCUT2D eigenvalue weighted by Gasteiger charge is 2.24. The van der Waals surface area contributed by atoms with E-state index < -0.39 is 0 Å². The summed E-state index contributed by atoms with van der Waals surface area (Å²) in [6.07, 6.45) is 5.21. The van der Waals surface area contributed by atoms with Crippen molar-refractivity contribution in [2.75, 3.05) is 18.0 Å². The van der Waals surface area contributed by atoms with Crippen LogP contribution in [0.15, 0.2) is 39.7 Å². The van der Waals surface area contributed by atoms with E-state index in [4.69, 9.17) is 16.6 Å². The molecule has 1 amide bonds. The molecule has 2 N–H and O–H groups in total. The Kier molecular flexibility index (Phi) is 5.23. The van der Waals surface area contributed by atoms with Gasteiger partial charge in [0.25, 0.3) is 11.6 Å². The molecule has 2 saturated heterocycles. The zero-order valence-electron chi connectivity index (χ0n) is 15.2. The molecule has 0 atom stereocenters. The minimum Gasteiger partial charge on any atom is -0.457 e. The van der Waals surface area contributed by atoms with E-state index in [9.17, 15) is 10.0 Å². The average Bonchev–Trinajstić information content (AvgIpc) is 3.28. The Labute approximate surface area is 172 Å². The van der Waals surface area contributed by atoms with Crippen LogP contribution in [-0.4, -0.2) is 40.0 Å². The van der Waals surface area contributed by atoms with Gasteiger partial charge in [0, 0.05) is 35.5 Å². The van der Waals surface area contributed by atoms with Crippen molar-refractivity contribution in [3.8, 4) is 11.3 Å². The standard InChI is InChI=1S/C20H19N3O3S2/c1-22(25)16-11-13(5-7-15(16)23-9-3-2-4-10-23)17-8-6-14(26-17)12-18-19(24)21-20(27)28-18/h5-8,11-12H,1-4,9-10H2,(H-,21,24,25,27)/p+1/b18-12-. The van der Waals surface area contributed by atoms with Crippen LogP contribution in [0, 0.1) is 0 Å². The summed E-state index contributed by atoms with van der Waals surface area (Å²) in [5.74, 6) is 0.995. The van der Waals surface area contributed by atoms with Crippen molar-refractivity contribution in [3.63, 3.8) is 0 Å². The van der Waals surface area contributed by atoms with Crippen LogP contribution in [0.1, 0.15) is 25.0 Å². The van der Waals surface area contributed by atoms with Gasteiger partial charge in [-0.2, -0.15) is 0 Å². The Morgan fingerprint density at radius 2 is 2.04 bits per heavy atom. The molecule has 0 aliphatic carbocycles. The SMILES string of the molecule is C=[N+](O)c1cc(-c2ccc(/C=C3\SC(=S)NC3=O)o2)ccc1N1CCCCC1. The lowest BCUT2D eigenvalue weighted by Crippen LogP contribution is -2.30. The average molecular weight is 415 g/mol. The van der Waals surface area contributed by atoms with E-state index in [2.05, 4.69) is 16.9 Å². The predicted molar refractivity (Wildman–Crippen MR) is 115 cm³/mol. The van der Waals surface area contributed by atoms with Gasteiger partial charge >= 0.3 is 0 Å². The van der Waals surface area contributed by atoms with Gasteiger partial charge in [-0.05, 0) is 43.5 Å². The van der Waals surface area contributed by atoms with E-state index in [-0.39, 0.29) is 5.91 Å². The van der Waals surface area contributed by atoms with Crippen LogP contribution in [0.5, 0.6) is 0 Å². The van der Waals surface area contributed by atoms with Crippen molar-refractivity contribution in [3.05, 3.63) is 41.0 Å². The van der Waals surface area contributed by atoms with Crippen LogP contribution in [0.2, 0.25) is 0 Å². The Balaban J connectivity index is 1.63. The van der Waals surface area contributed by atoms with E-state index in [1.807, 2.05) is 24.3 Å². The molecule has 1 aromatic carbocycles. The van der Waals surface area contributed by atoms with Crippen LogP contribution in [0.25, 0.3) is 17.4 Å². The van der Waals surface area contributed by atoms with Crippen LogP contribution < -0.4 is 10.2 Å². The molecule has 6 nitrogen and oxygen atoms in total. The number of benzene rings is 1. The Morgan fingerprint density at radius 1 is 1.25 bits per heavy atom. The number of carbonyl (C=O) groups is 1. The summed E-state index contributed by atoms with van der Waals surface area (Å²) in [5.41, 5.74) is 2.41. The number of nitrogens with one attached hydrogen (secondary N) is 1. The van der Waals surface area contributed by atoms with Crippen molar-refractivity contribution >= 4 is 58.4 Å². The molecule has 0 spiro atoms. The summed E-state index contributed by atoms with van der Waals surface area (Å²) >= 11 is 6.21.